The van der Waals surface area contributed by atoms with E-state index in [1.165, 1.54) is 4.90 Å². The zero-order valence-electron chi connectivity index (χ0n) is 20.5. The number of benzene rings is 2. The van der Waals surface area contributed by atoms with Crippen LogP contribution in [0, 0.1) is 11.3 Å². The molecule has 0 fully saturated rings. The maximum Gasteiger partial charge on any atom is 0.307 e. The average molecular weight is 476 g/mol. The molecule has 1 aliphatic rings. The average Bonchev–Trinajstić information content (AvgIpc) is 2.95. The van der Waals surface area contributed by atoms with Gasteiger partial charge in [0.25, 0.3) is 5.91 Å². The number of nitrogens with zero attached hydrogens (tertiary/aromatic N) is 3. The number of hydrogen-bond donors (Lipinski definition) is 0. The van der Waals surface area contributed by atoms with Crippen molar-refractivity contribution in [3.8, 4) is 6.07 Å². The molecule has 2 aromatic carbocycles. The molecule has 0 saturated carbocycles. The maximum absolute atomic E-state index is 13.7. The third-order valence-electron chi connectivity index (χ3n) is 6.19. The molecule has 184 valence electrons. The highest BCUT2D eigenvalue weighted by Crippen LogP contribution is 2.30. The predicted molar refractivity (Wildman–Crippen MR) is 134 cm³/mol. The smallest absolute Gasteiger partial charge is 0.307 e. The van der Waals surface area contributed by atoms with Crippen molar-refractivity contribution < 1.29 is 19.1 Å². The van der Waals surface area contributed by atoms with Gasteiger partial charge in [-0.25, -0.2) is 0 Å². The summed E-state index contributed by atoms with van der Waals surface area (Å²) in [6.07, 6.45) is 4.09. The van der Waals surface area contributed by atoms with Crippen molar-refractivity contribution in [3.63, 3.8) is 0 Å². The molecule has 7 heteroatoms. The Morgan fingerprint density at radius 1 is 1.09 bits per heavy atom. The Morgan fingerprint density at radius 3 is 2.57 bits per heavy atom. The Labute approximate surface area is 207 Å². The van der Waals surface area contributed by atoms with Crippen LogP contribution in [0.25, 0.3) is 0 Å². The van der Waals surface area contributed by atoms with Crippen LogP contribution in [0.3, 0.4) is 0 Å². The van der Waals surface area contributed by atoms with E-state index in [0.717, 1.165) is 36.8 Å². The zero-order valence-corrected chi connectivity index (χ0v) is 20.5. The second-order valence-corrected chi connectivity index (χ2v) is 8.83. The van der Waals surface area contributed by atoms with E-state index in [-0.39, 0.29) is 31.4 Å². The van der Waals surface area contributed by atoms with Crippen molar-refractivity contribution in [2.75, 3.05) is 18.1 Å². The molecule has 0 aromatic heterocycles. The first-order valence-electron chi connectivity index (χ1n) is 12.2. The summed E-state index contributed by atoms with van der Waals surface area (Å²) in [5, 5.41) is 8.72. The molecule has 2 aromatic rings. The highest BCUT2D eigenvalue weighted by atomic mass is 16.5. The van der Waals surface area contributed by atoms with Crippen LogP contribution in [-0.4, -0.2) is 41.9 Å². The van der Waals surface area contributed by atoms with Gasteiger partial charge in [0, 0.05) is 12.5 Å². The maximum atomic E-state index is 13.7. The second kappa shape index (κ2) is 12.7. The molecule has 2 amide bonds. The predicted octanol–water partition coefficient (Wildman–Crippen LogP) is 4.64. The van der Waals surface area contributed by atoms with E-state index < -0.39 is 12.0 Å². The van der Waals surface area contributed by atoms with Gasteiger partial charge in [-0.15, -0.1) is 0 Å². The summed E-state index contributed by atoms with van der Waals surface area (Å²) >= 11 is 0. The summed E-state index contributed by atoms with van der Waals surface area (Å²) in [6, 6.07) is 17.1. The first-order valence-corrected chi connectivity index (χ1v) is 12.2. The minimum Gasteiger partial charge on any atom is -0.466 e. The normalized spacial score (nSPS) is 14.2. The summed E-state index contributed by atoms with van der Waals surface area (Å²) in [7, 11) is 0. The molecular formula is C28H33N3O4. The molecule has 1 heterocycles. The summed E-state index contributed by atoms with van der Waals surface area (Å²) in [5.74, 6) is -0.843. The second-order valence-electron chi connectivity index (χ2n) is 8.83. The lowest BCUT2D eigenvalue weighted by Gasteiger charge is -2.27. The molecule has 0 spiro atoms. The van der Waals surface area contributed by atoms with E-state index in [2.05, 4.69) is 6.07 Å². The van der Waals surface area contributed by atoms with E-state index in [9.17, 15) is 14.4 Å². The number of nitriles is 1. The molecule has 0 radical (unpaired) electrons. The van der Waals surface area contributed by atoms with Crippen molar-refractivity contribution in [1.82, 2.24) is 4.90 Å². The van der Waals surface area contributed by atoms with Crippen LogP contribution in [-0.2, 0) is 27.3 Å². The molecule has 0 aliphatic carbocycles. The Kier molecular flexibility index (Phi) is 9.42. The number of esters is 1. The van der Waals surface area contributed by atoms with Crippen molar-refractivity contribution in [1.29, 1.82) is 5.26 Å². The number of rotatable bonds is 11. The monoisotopic (exact) mass is 475 g/mol. The van der Waals surface area contributed by atoms with E-state index >= 15 is 0 Å². The Bertz CT molecular complexity index is 1080. The minimum atomic E-state index is -0.482. The minimum absolute atomic E-state index is 0.0272. The highest BCUT2D eigenvalue weighted by Gasteiger charge is 2.34. The van der Waals surface area contributed by atoms with Gasteiger partial charge in [0.2, 0.25) is 5.91 Å². The Morgan fingerprint density at radius 2 is 1.86 bits per heavy atom. The SMILES string of the molecule is CCOC(=O)CC(C)N1CC(=O)N(Cc2ccccc2)c2ccc(CCCCCC#N)cc2C1=O. The molecule has 0 N–H and O–H groups in total. The first kappa shape index (κ1) is 26.0. The van der Waals surface area contributed by atoms with Crippen molar-refractivity contribution >= 4 is 23.5 Å². The fourth-order valence-corrected chi connectivity index (χ4v) is 4.31. The highest BCUT2D eigenvalue weighted by molar-refractivity contribution is 6.09. The third kappa shape index (κ3) is 6.92. The quantitative estimate of drug-likeness (QED) is 0.349. The van der Waals surface area contributed by atoms with Crippen LogP contribution in [0.1, 0.15) is 67.4 Å². The molecule has 0 saturated heterocycles. The number of hydrogen-bond acceptors (Lipinski definition) is 5. The lowest BCUT2D eigenvalue weighted by Crippen LogP contribution is -2.44. The Hall–Kier alpha value is -3.66. The lowest BCUT2D eigenvalue weighted by atomic mass is 10.0. The number of carbonyl (C=O) groups excluding carboxylic acids is 3. The van der Waals surface area contributed by atoms with Gasteiger partial charge in [-0.1, -0.05) is 42.8 Å². The van der Waals surface area contributed by atoms with E-state index in [1.54, 1.807) is 18.7 Å². The van der Waals surface area contributed by atoms with E-state index in [4.69, 9.17) is 10.00 Å². The molecule has 1 unspecified atom stereocenters. The van der Waals surface area contributed by atoms with Gasteiger partial charge in [-0.05, 0) is 56.4 Å². The van der Waals surface area contributed by atoms with Crippen molar-refractivity contribution in [3.05, 3.63) is 65.2 Å². The van der Waals surface area contributed by atoms with Gasteiger partial charge < -0.3 is 14.5 Å². The van der Waals surface area contributed by atoms with E-state index in [0.29, 0.717) is 24.2 Å². The zero-order chi connectivity index (χ0) is 25.2. The molecular weight excluding hydrogens is 442 g/mol. The van der Waals surface area contributed by atoms with Gasteiger partial charge >= 0.3 is 5.97 Å². The standard InChI is InChI=1S/C28H33N3O4/c1-3-35-27(33)17-21(2)30-20-26(32)31(19-23-12-8-6-9-13-23)25-15-14-22(18-24(25)28(30)34)11-7-4-5-10-16-29/h6,8-9,12-15,18,21H,3-5,7,10-11,17,19-20H2,1-2H3. The number of aryl methyl sites for hydroxylation is 1. The van der Waals surface area contributed by atoms with Crippen LogP contribution >= 0.6 is 0 Å². The lowest BCUT2D eigenvalue weighted by molar-refractivity contribution is -0.144. The first-order chi connectivity index (χ1) is 16.9. The fourth-order valence-electron chi connectivity index (χ4n) is 4.31. The van der Waals surface area contributed by atoms with E-state index in [1.807, 2.05) is 48.5 Å². The number of fused-ring (bicyclic) bond motifs is 1. The fraction of sp³-hybridized carbons (Fsp3) is 0.429. The van der Waals surface area contributed by atoms with Crippen LogP contribution in [0.5, 0.6) is 0 Å². The third-order valence-corrected chi connectivity index (χ3v) is 6.19. The number of ether oxygens (including phenoxy) is 1. The summed E-state index contributed by atoms with van der Waals surface area (Å²) < 4.78 is 5.07. The topological polar surface area (TPSA) is 90.7 Å². The summed E-state index contributed by atoms with van der Waals surface area (Å²) in [5.41, 5.74) is 3.04. The number of anilines is 1. The number of unbranched alkanes of at least 4 members (excludes halogenated alkanes) is 3. The summed E-state index contributed by atoms with van der Waals surface area (Å²) in [6.45, 7) is 4.03. The van der Waals surface area contributed by atoms with Gasteiger partial charge in [-0.3, -0.25) is 14.4 Å². The number of carbonyl (C=O) groups is 3. The van der Waals surface area contributed by atoms with Gasteiger partial charge in [0.05, 0.1) is 36.9 Å². The van der Waals surface area contributed by atoms with Crippen molar-refractivity contribution in [2.24, 2.45) is 0 Å². The van der Waals surface area contributed by atoms with Crippen LogP contribution in [0.4, 0.5) is 5.69 Å². The molecule has 7 nitrogen and oxygen atoms in total. The number of amides is 2. The van der Waals surface area contributed by atoms with Crippen molar-refractivity contribution in [2.45, 2.75) is 65.0 Å². The largest absolute Gasteiger partial charge is 0.466 e. The van der Waals surface area contributed by atoms with Crippen LogP contribution < -0.4 is 4.90 Å². The van der Waals surface area contributed by atoms with Crippen LogP contribution in [0.2, 0.25) is 0 Å². The Balaban J connectivity index is 1.91. The molecule has 3 rings (SSSR count). The summed E-state index contributed by atoms with van der Waals surface area (Å²) in [4.78, 5) is 42.3. The molecule has 35 heavy (non-hydrogen) atoms. The van der Waals surface area contributed by atoms with Gasteiger partial charge in [0.1, 0.15) is 6.54 Å². The molecule has 1 aliphatic heterocycles. The van der Waals surface area contributed by atoms with Gasteiger partial charge in [0.15, 0.2) is 0 Å². The molecule has 1 atom stereocenters. The van der Waals surface area contributed by atoms with Crippen LogP contribution in [0.15, 0.2) is 48.5 Å². The van der Waals surface area contributed by atoms with Gasteiger partial charge in [-0.2, -0.15) is 5.26 Å². The molecule has 0 bridgehead atoms.